The molecule has 2 unspecified atom stereocenters. The molecule has 1 aliphatic rings. The van der Waals surface area contributed by atoms with Crippen molar-refractivity contribution in [2.24, 2.45) is 5.92 Å². The number of ether oxygens (including phenoxy) is 1. The number of fused-ring (bicyclic) bond motifs is 1. The second-order valence-corrected chi connectivity index (χ2v) is 7.42. The molecule has 0 radical (unpaired) electrons. The molecule has 2 atom stereocenters. The summed E-state index contributed by atoms with van der Waals surface area (Å²) >= 11 is 5.97. The first kappa shape index (κ1) is 19.2. The van der Waals surface area contributed by atoms with E-state index in [0.29, 0.717) is 16.5 Å². The second kappa shape index (κ2) is 8.01. The van der Waals surface area contributed by atoms with Crippen molar-refractivity contribution in [3.63, 3.8) is 0 Å². The lowest BCUT2D eigenvalue weighted by atomic mass is 9.95. The molecule has 0 fully saturated rings. The van der Waals surface area contributed by atoms with Gasteiger partial charge < -0.3 is 15.0 Å². The van der Waals surface area contributed by atoms with Crippen LogP contribution in [0.4, 0.5) is 5.69 Å². The third-order valence-electron chi connectivity index (χ3n) is 4.64. The Balaban J connectivity index is 1.80. The molecule has 2 amide bonds. The van der Waals surface area contributed by atoms with E-state index in [4.69, 9.17) is 16.3 Å². The molecule has 2 aromatic carbocycles. The lowest BCUT2D eigenvalue weighted by Crippen LogP contribution is -2.51. The van der Waals surface area contributed by atoms with Crippen molar-refractivity contribution >= 4 is 29.1 Å². The summed E-state index contributed by atoms with van der Waals surface area (Å²) in [6, 6.07) is 14.5. The highest BCUT2D eigenvalue weighted by Crippen LogP contribution is 2.33. The SMILES string of the molecule is CC(=O)N1CC(C(=O)NC(c2ccc(Cl)cc2)C(C)C)Oc2ccccc21. The molecule has 5 nitrogen and oxygen atoms in total. The molecule has 27 heavy (non-hydrogen) atoms. The van der Waals surface area contributed by atoms with Crippen molar-refractivity contribution in [3.8, 4) is 5.75 Å². The summed E-state index contributed by atoms with van der Waals surface area (Å²) in [5, 5.41) is 3.72. The standard InChI is InChI=1S/C21H23ClN2O3/c1-13(2)20(15-8-10-16(22)11-9-15)23-21(26)19-12-24(14(3)25)17-6-4-5-7-18(17)27-19/h4-11,13,19-20H,12H2,1-3H3,(H,23,26). The van der Waals surface area contributed by atoms with Gasteiger partial charge in [0.1, 0.15) is 5.75 Å². The Morgan fingerprint density at radius 2 is 1.81 bits per heavy atom. The number of nitrogens with zero attached hydrogens (tertiary/aromatic N) is 1. The zero-order chi connectivity index (χ0) is 19.6. The summed E-state index contributed by atoms with van der Waals surface area (Å²) < 4.78 is 5.88. The number of hydrogen-bond donors (Lipinski definition) is 1. The fourth-order valence-corrected chi connectivity index (χ4v) is 3.35. The van der Waals surface area contributed by atoms with Gasteiger partial charge in [-0.3, -0.25) is 9.59 Å². The number of carbonyl (C=O) groups excluding carboxylic acids is 2. The average molecular weight is 387 g/mol. The Hall–Kier alpha value is -2.53. The first-order valence-corrected chi connectivity index (χ1v) is 9.34. The third-order valence-corrected chi connectivity index (χ3v) is 4.89. The quantitative estimate of drug-likeness (QED) is 0.865. The van der Waals surface area contributed by atoms with Crippen LogP contribution in [0.1, 0.15) is 32.4 Å². The Bertz CT molecular complexity index is 836. The number of amides is 2. The number of rotatable bonds is 4. The third kappa shape index (κ3) is 4.25. The van der Waals surface area contributed by atoms with Gasteiger partial charge in [-0.1, -0.05) is 49.7 Å². The van der Waals surface area contributed by atoms with Gasteiger partial charge in [-0.05, 0) is 35.7 Å². The molecule has 1 aliphatic heterocycles. The lowest BCUT2D eigenvalue weighted by molar-refractivity contribution is -0.129. The van der Waals surface area contributed by atoms with Crippen LogP contribution in [-0.4, -0.2) is 24.5 Å². The van der Waals surface area contributed by atoms with Crippen molar-refractivity contribution in [2.45, 2.75) is 32.9 Å². The van der Waals surface area contributed by atoms with E-state index in [-0.39, 0.29) is 30.3 Å². The zero-order valence-corrected chi connectivity index (χ0v) is 16.4. The molecule has 1 N–H and O–H groups in total. The fraction of sp³-hybridized carbons (Fsp3) is 0.333. The monoisotopic (exact) mass is 386 g/mol. The van der Waals surface area contributed by atoms with Gasteiger partial charge in [0, 0.05) is 11.9 Å². The number of hydrogen-bond acceptors (Lipinski definition) is 3. The number of halogens is 1. The van der Waals surface area contributed by atoms with Gasteiger partial charge in [-0.15, -0.1) is 0 Å². The van der Waals surface area contributed by atoms with Crippen LogP contribution in [0.5, 0.6) is 5.75 Å². The van der Waals surface area contributed by atoms with Gasteiger partial charge in [0.05, 0.1) is 18.3 Å². The predicted octanol–water partition coefficient (Wildman–Crippen LogP) is 3.97. The number of para-hydroxylation sites is 2. The van der Waals surface area contributed by atoms with Gasteiger partial charge in [0.2, 0.25) is 5.91 Å². The van der Waals surface area contributed by atoms with E-state index < -0.39 is 6.10 Å². The minimum absolute atomic E-state index is 0.123. The Kier molecular flexibility index (Phi) is 5.71. The Labute approximate surface area is 164 Å². The largest absolute Gasteiger partial charge is 0.477 e. The molecule has 0 aromatic heterocycles. The van der Waals surface area contributed by atoms with Crippen molar-refractivity contribution < 1.29 is 14.3 Å². The first-order chi connectivity index (χ1) is 12.9. The molecule has 0 aliphatic carbocycles. The predicted molar refractivity (Wildman–Crippen MR) is 106 cm³/mol. The molecule has 3 rings (SSSR count). The normalized spacial score (nSPS) is 17.1. The van der Waals surface area contributed by atoms with Gasteiger partial charge >= 0.3 is 0 Å². The highest BCUT2D eigenvalue weighted by atomic mass is 35.5. The van der Waals surface area contributed by atoms with E-state index in [2.05, 4.69) is 5.32 Å². The van der Waals surface area contributed by atoms with E-state index in [1.54, 1.807) is 11.0 Å². The molecule has 142 valence electrons. The maximum atomic E-state index is 12.9. The van der Waals surface area contributed by atoms with Crippen molar-refractivity contribution in [3.05, 3.63) is 59.1 Å². The maximum absolute atomic E-state index is 12.9. The van der Waals surface area contributed by atoms with Crippen LogP contribution in [0.15, 0.2) is 48.5 Å². The van der Waals surface area contributed by atoms with Crippen LogP contribution in [0.2, 0.25) is 5.02 Å². The summed E-state index contributed by atoms with van der Waals surface area (Å²) in [5.74, 6) is 0.340. The highest BCUT2D eigenvalue weighted by molar-refractivity contribution is 6.30. The van der Waals surface area contributed by atoms with E-state index in [1.807, 2.05) is 56.3 Å². The van der Waals surface area contributed by atoms with Crippen LogP contribution in [-0.2, 0) is 9.59 Å². The minimum atomic E-state index is -0.766. The topological polar surface area (TPSA) is 58.6 Å². The number of carbonyl (C=O) groups is 2. The van der Waals surface area contributed by atoms with Gasteiger partial charge in [0.25, 0.3) is 5.91 Å². The van der Waals surface area contributed by atoms with Gasteiger partial charge in [-0.25, -0.2) is 0 Å². The van der Waals surface area contributed by atoms with E-state index in [0.717, 1.165) is 5.56 Å². The Morgan fingerprint density at radius 3 is 2.44 bits per heavy atom. The molecular formula is C21H23ClN2O3. The second-order valence-electron chi connectivity index (χ2n) is 6.99. The van der Waals surface area contributed by atoms with Crippen LogP contribution in [0.25, 0.3) is 0 Å². The number of benzene rings is 2. The molecule has 1 heterocycles. The minimum Gasteiger partial charge on any atom is -0.477 e. The molecule has 6 heteroatoms. The van der Waals surface area contributed by atoms with Crippen molar-refractivity contribution in [1.82, 2.24) is 5.32 Å². The number of nitrogens with one attached hydrogen (secondary N) is 1. The smallest absolute Gasteiger partial charge is 0.263 e. The van der Waals surface area contributed by atoms with Crippen LogP contribution in [0, 0.1) is 5.92 Å². The summed E-state index contributed by atoms with van der Waals surface area (Å²) in [4.78, 5) is 26.5. The summed E-state index contributed by atoms with van der Waals surface area (Å²) in [6.07, 6.45) is -0.766. The fourth-order valence-electron chi connectivity index (χ4n) is 3.22. The molecule has 2 aromatic rings. The van der Waals surface area contributed by atoms with Gasteiger partial charge in [0.15, 0.2) is 6.10 Å². The molecular weight excluding hydrogens is 364 g/mol. The van der Waals surface area contributed by atoms with E-state index in [1.165, 1.54) is 6.92 Å². The van der Waals surface area contributed by atoms with Gasteiger partial charge in [-0.2, -0.15) is 0 Å². The molecule has 0 bridgehead atoms. The summed E-state index contributed by atoms with van der Waals surface area (Å²) in [5.41, 5.74) is 1.66. The van der Waals surface area contributed by atoms with Crippen molar-refractivity contribution in [2.75, 3.05) is 11.4 Å². The lowest BCUT2D eigenvalue weighted by Gasteiger charge is -2.34. The molecule has 0 saturated heterocycles. The van der Waals surface area contributed by atoms with Crippen molar-refractivity contribution in [1.29, 1.82) is 0 Å². The van der Waals surface area contributed by atoms with Crippen LogP contribution >= 0.6 is 11.6 Å². The van der Waals surface area contributed by atoms with Crippen LogP contribution in [0.3, 0.4) is 0 Å². The highest BCUT2D eigenvalue weighted by Gasteiger charge is 2.33. The van der Waals surface area contributed by atoms with E-state index in [9.17, 15) is 9.59 Å². The average Bonchev–Trinajstić information content (AvgIpc) is 2.65. The maximum Gasteiger partial charge on any atom is 0.263 e. The van der Waals surface area contributed by atoms with Crippen LogP contribution < -0.4 is 15.0 Å². The first-order valence-electron chi connectivity index (χ1n) is 8.96. The zero-order valence-electron chi connectivity index (χ0n) is 15.6. The molecule has 0 saturated carbocycles. The summed E-state index contributed by atoms with van der Waals surface area (Å²) in [7, 11) is 0. The molecule has 0 spiro atoms. The van der Waals surface area contributed by atoms with E-state index >= 15 is 0 Å². The Morgan fingerprint density at radius 1 is 1.15 bits per heavy atom. The summed E-state index contributed by atoms with van der Waals surface area (Å²) in [6.45, 7) is 5.75. The number of anilines is 1.